The van der Waals surface area contributed by atoms with E-state index in [1.165, 1.54) is 17.5 Å². The van der Waals surface area contributed by atoms with Crippen LogP contribution in [0, 0.1) is 0 Å². The zero-order valence-corrected chi connectivity index (χ0v) is 11.5. The van der Waals surface area contributed by atoms with Crippen LogP contribution >= 0.6 is 0 Å². The summed E-state index contributed by atoms with van der Waals surface area (Å²) in [6, 6.07) is 8.72. The average molecular weight is 256 g/mol. The van der Waals surface area contributed by atoms with Crippen molar-refractivity contribution in [2.75, 3.05) is 37.8 Å². The van der Waals surface area contributed by atoms with Crippen LogP contribution in [-0.2, 0) is 0 Å². The second-order valence-corrected chi connectivity index (χ2v) is 5.46. The molecule has 3 rings (SSSR count). The van der Waals surface area contributed by atoms with E-state index in [-0.39, 0.29) is 0 Å². The maximum Gasteiger partial charge on any atom is 0.0743 e. The molecule has 100 valence electrons. The number of hydrogen-bond donors (Lipinski definition) is 1. The number of likely N-dealkylation sites (N-methyl/N-ethyl adjacent to an activating group) is 1. The minimum atomic E-state index is 0.636. The van der Waals surface area contributed by atoms with Gasteiger partial charge in [-0.3, -0.25) is 4.98 Å². The Morgan fingerprint density at radius 2 is 2.16 bits per heavy atom. The SMILES string of the molecule is CN(C)C1CCN(c2ccnc3cc(N)ccc23)C1. The summed E-state index contributed by atoms with van der Waals surface area (Å²) in [5.41, 5.74) is 8.85. The number of benzene rings is 1. The summed E-state index contributed by atoms with van der Waals surface area (Å²) >= 11 is 0. The number of anilines is 2. The first-order valence-electron chi connectivity index (χ1n) is 6.71. The zero-order chi connectivity index (χ0) is 13.4. The van der Waals surface area contributed by atoms with Gasteiger partial charge >= 0.3 is 0 Å². The van der Waals surface area contributed by atoms with Crippen LogP contribution in [0.25, 0.3) is 10.9 Å². The second-order valence-electron chi connectivity index (χ2n) is 5.46. The van der Waals surface area contributed by atoms with Gasteiger partial charge in [-0.15, -0.1) is 0 Å². The molecule has 0 saturated carbocycles. The summed E-state index contributed by atoms with van der Waals surface area (Å²) < 4.78 is 0. The molecule has 2 N–H and O–H groups in total. The van der Waals surface area contributed by atoms with E-state index in [2.05, 4.69) is 41.0 Å². The van der Waals surface area contributed by atoms with E-state index in [1.54, 1.807) is 0 Å². The lowest BCUT2D eigenvalue weighted by molar-refractivity contribution is 0.315. The highest BCUT2D eigenvalue weighted by atomic mass is 15.2. The minimum absolute atomic E-state index is 0.636. The molecule has 2 aromatic rings. The Kier molecular flexibility index (Phi) is 3.03. The minimum Gasteiger partial charge on any atom is -0.399 e. The van der Waals surface area contributed by atoms with Crippen molar-refractivity contribution in [3.8, 4) is 0 Å². The Bertz CT molecular complexity index is 594. The summed E-state index contributed by atoms with van der Waals surface area (Å²) in [5, 5.41) is 1.19. The van der Waals surface area contributed by atoms with Crippen molar-refractivity contribution in [3.63, 3.8) is 0 Å². The van der Waals surface area contributed by atoms with Crippen LogP contribution in [-0.4, -0.2) is 43.1 Å². The van der Waals surface area contributed by atoms with Gasteiger partial charge in [0.05, 0.1) is 5.52 Å². The van der Waals surface area contributed by atoms with Gasteiger partial charge in [-0.1, -0.05) is 0 Å². The number of rotatable bonds is 2. The van der Waals surface area contributed by atoms with Gasteiger partial charge in [0.2, 0.25) is 0 Å². The monoisotopic (exact) mass is 256 g/mol. The standard InChI is InChI=1S/C15H20N4/c1-18(2)12-6-8-19(10-12)15-5-7-17-14-9-11(16)3-4-13(14)15/h3-5,7,9,12H,6,8,10,16H2,1-2H3. The Balaban J connectivity index is 1.97. The van der Waals surface area contributed by atoms with Gasteiger partial charge in [0.1, 0.15) is 0 Å². The van der Waals surface area contributed by atoms with Crippen molar-refractivity contribution in [3.05, 3.63) is 30.5 Å². The van der Waals surface area contributed by atoms with Crippen molar-refractivity contribution < 1.29 is 0 Å². The zero-order valence-electron chi connectivity index (χ0n) is 11.5. The van der Waals surface area contributed by atoms with Crippen LogP contribution in [0.3, 0.4) is 0 Å². The highest BCUT2D eigenvalue weighted by molar-refractivity contribution is 5.93. The normalized spacial score (nSPS) is 19.5. The van der Waals surface area contributed by atoms with E-state index in [4.69, 9.17) is 5.73 Å². The number of pyridine rings is 1. The Labute approximate surface area is 113 Å². The fourth-order valence-electron chi connectivity index (χ4n) is 2.81. The quantitative estimate of drug-likeness (QED) is 0.834. The summed E-state index contributed by atoms with van der Waals surface area (Å²) in [4.78, 5) is 9.17. The fourth-order valence-corrected chi connectivity index (χ4v) is 2.81. The van der Waals surface area contributed by atoms with Crippen LogP contribution < -0.4 is 10.6 Å². The summed E-state index contributed by atoms with van der Waals surface area (Å²) in [6.45, 7) is 2.18. The van der Waals surface area contributed by atoms with Crippen LogP contribution in [0.1, 0.15) is 6.42 Å². The van der Waals surface area contributed by atoms with Crippen molar-refractivity contribution in [2.45, 2.75) is 12.5 Å². The third-order valence-electron chi connectivity index (χ3n) is 3.98. The van der Waals surface area contributed by atoms with Gasteiger partial charge in [-0.25, -0.2) is 0 Å². The van der Waals surface area contributed by atoms with Crippen LogP contribution in [0.5, 0.6) is 0 Å². The van der Waals surface area contributed by atoms with Gasteiger partial charge in [0.15, 0.2) is 0 Å². The lowest BCUT2D eigenvalue weighted by atomic mass is 10.1. The molecule has 4 heteroatoms. The second kappa shape index (κ2) is 4.70. The third kappa shape index (κ3) is 2.24. The Hall–Kier alpha value is -1.81. The maximum atomic E-state index is 5.83. The van der Waals surface area contributed by atoms with Crippen LogP contribution in [0.2, 0.25) is 0 Å². The van der Waals surface area contributed by atoms with Gasteiger partial charge in [-0.05, 0) is 44.8 Å². The fraction of sp³-hybridized carbons (Fsp3) is 0.400. The molecule has 1 aliphatic heterocycles. The topological polar surface area (TPSA) is 45.4 Å². The Morgan fingerprint density at radius 1 is 1.32 bits per heavy atom. The molecular weight excluding hydrogens is 236 g/mol. The highest BCUT2D eigenvalue weighted by Gasteiger charge is 2.25. The van der Waals surface area contributed by atoms with Gasteiger partial charge < -0.3 is 15.5 Å². The van der Waals surface area contributed by atoms with E-state index < -0.39 is 0 Å². The molecule has 2 heterocycles. The predicted molar refractivity (Wildman–Crippen MR) is 80.5 cm³/mol. The van der Waals surface area contributed by atoms with Crippen molar-refractivity contribution in [1.82, 2.24) is 9.88 Å². The molecule has 1 aromatic carbocycles. The first-order chi connectivity index (χ1) is 9.15. The first-order valence-corrected chi connectivity index (χ1v) is 6.71. The van der Waals surface area contributed by atoms with Gasteiger partial charge in [-0.2, -0.15) is 0 Å². The van der Waals surface area contributed by atoms with Crippen molar-refractivity contribution in [1.29, 1.82) is 0 Å². The molecule has 1 fully saturated rings. The molecule has 1 saturated heterocycles. The smallest absolute Gasteiger partial charge is 0.0743 e. The number of nitrogens with zero attached hydrogens (tertiary/aromatic N) is 3. The van der Waals surface area contributed by atoms with Gasteiger partial charge in [0.25, 0.3) is 0 Å². The highest BCUT2D eigenvalue weighted by Crippen LogP contribution is 2.29. The molecule has 1 aliphatic rings. The molecule has 1 atom stereocenters. The lowest BCUT2D eigenvalue weighted by Gasteiger charge is -2.23. The number of fused-ring (bicyclic) bond motifs is 1. The molecular formula is C15H20N4. The molecule has 19 heavy (non-hydrogen) atoms. The van der Waals surface area contributed by atoms with Crippen LogP contribution in [0.15, 0.2) is 30.5 Å². The predicted octanol–water partition coefficient (Wildman–Crippen LogP) is 1.96. The van der Waals surface area contributed by atoms with E-state index in [1.807, 2.05) is 18.3 Å². The lowest BCUT2D eigenvalue weighted by Crippen LogP contribution is -2.31. The third-order valence-corrected chi connectivity index (χ3v) is 3.98. The van der Waals surface area contributed by atoms with E-state index in [0.29, 0.717) is 6.04 Å². The largest absolute Gasteiger partial charge is 0.399 e. The molecule has 0 amide bonds. The summed E-state index contributed by atoms with van der Waals surface area (Å²) in [6.07, 6.45) is 3.09. The van der Waals surface area contributed by atoms with E-state index >= 15 is 0 Å². The molecule has 1 unspecified atom stereocenters. The van der Waals surface area contributed by atoms with Crippen molar-refractivity contribution >= 4 is 22.3 Å². The average Bonchev–Trinajstić information content (AvgIpc) is 2.87. The molecule has 0 aliphatic carbocycles. The molecule has 0 radical (unpaired) electrons. The molecule has 1 aromatic heterocycles. The maximum absolute atomic E-state index is 5.83. The Morgan fingerprint density at radius 3 is 2.89 bits per heavy atom. The van der Waals surface area contributed by atoms with E-state index in [0.717, 1.165) is 24.3 Å². The number of aromatic nitrogens is 1. The number of nitrogens with two attached hydrogens (primary N) is 1. The van der Waals surface area contributed by atoms with Gasteiger partial charge in [0, 0.05) is 42.1 Å². The molecule has 0 spiro atoms. The molecule has 0 bridgehead atoms. The van der Waals surface area contributed by atoms with Crippen molar-refractivity contribution in [2.24, 2.45) is 0 Å². The first kappa shape index (κ1) is 12.2. The number of hydrogen-bond acceptors (Lipinski definition) is 4. The summed E-state index contributed by atoms with van der Waals surface area (Å²) in [7, 11) is 4.30. The van der Waals surface area contributed by atoms with Crippen LogP contribution in [0.4, 0.5) is 11.4 Å². The molecule has 4 nitrogen and oxygen atoms in total. The number of nitrogen functional groups attached to an aromatic ring is 1. The van der Waals surface area contributed by atoms with E-state index in [9.17, 15) is 0 Å². The summed E-state index contributed by atoms with van der Waals surface area (Å²) in [5.74, 6) is 0.